The summed E-state index contributed by atoms with van der Waals surface area (Å²) in [6, 6.07) is 15.5. The van der Waals surface area contributed by atoms with Crippen LogP contribution in [0.1, 0.15) is 11.6 Å². The monoisotopic (exact) mass is 276 g/mol. The van der Waals surface area contributed by atoms with E-state index in [4.69, 9.17) is 22.1 Å². The molecule has 2 aromatic rings. The van der Waals surface area contributed by atoms with Crippen LogP contribution in [-0.2, 0) is 0 Å². The number of rotatable bonds is 5. The van der Waals surface area contributed by atoms with Crippen molar-refractivity contribution in [3.05, 3.63) is 59.1 Å². The van der Waals surface area contributed by atoms with Crippen molar-refractivity contribution >= 4 is 17.3 Å². The molecule has 0 fully saturated rings. The predicted molar refractivity (Wildman–Crippen MR) is 79.9 cm³/mol. The highest BCUT2D eigenvalue weighted by molar-refractivity contribution is 6.30. The highest BCUT2D eigenvalue weighted by Gasteiger charge is 2.09. The number of hydrogen-bond donors (Lipinski definition) is 2. The van der Waals surface area contributed by atoms with Gasteiger partial charge in [0.15, 0.2) is 0 Å². The van der Waals surface area contributed by atoms with Gasteiger partial charge in [-0.1, -0.05) is 29.8 Å². The first-order valence-electron chi connectivity index (χ1n) is 6.09. The molecule has 3 N–H and O–H groups in total. The van der Waals surface area contributed by atoms with Gasteiger partial charge >= 0.3 is 0 Å². The van der Waals surface area contributed by atoms with Gasteiger partial charge in [0.2, 0.25) is 0 Å². The molecule has 0 aliphatic heterocycles. The number of nitrogens with one attached hydrogen (secondary N) is 1. The van der Waals surface area contributed by atoms with Crippen molar-refractivity contribution in [1.29, 1.82) is 0 Å². The second-order valence-electron chi connectivity index (χ2n) is 4.22. The van der Waals surface area contributed by atoms with Crippen LogP contribution in [0.15, 0.2) is 48.5 Å². The van der Waals surface area contributed by atoms with E-state index in [0.717, 1.165) is 17.0 Å². The Morgan fingerprint density at radius 1 is 1.21 bits per heavy atom. The Morgan fingerprint density at radius 2 is 1.95 bits per heavy atom. The minimum atomic E-state index is 0.0457. The zero-order chi connectivity index (χ0) is 13.7. The topological polar surface area (TPSA) is 47.3 Å². The molecule has 0 heterocycles. The number of anilines is 1. The normalized spacial score (nSPS) is 11.9. The van der Waals surface area contributed by atoms with Crippen LogP contribution < -0.4 is 15.8 Å². The van der Waals surface area contributed by atoms with Gasteiger partial charge in [-0.05, 0) is 35.9 Å². The van der Waals surface area contributed by atoms with Gasteiger partial charge in [0, 0.05) is 17.3 Å². The van der Waals surface area contributed by atoms with Crippen LogP contribution in [-0.4, -0.2) is 13.7 Å². The maximum atomic E-state index is 5.97. The summed E-state index contributed by atoms with van der Waals surface area (Å²) in [6.45, 7) is 0.499. The molecule has 0 bridgehead atoms. The van der Waals surface area contributed by atoms with Crippen molar-refractivity contribution in [2.45, 2.75) is 6.04 Å². The van der Waals surface area contributed by atoms with Crippen LogP contribution in [0.4, 0.5) is 5.69 Å². The zero-order valence-electron chi connectivity index (χ0n) is 10.8. The molecule has 0 radical (unpaired) electrons. The smallest absolute Gasteiger partial charge is 0.118 e. The molecule has 0 saturated heterocycles. The third kappa shape index (κ3) is 3.63. The molecule has 4 heteroatoms. The third-order valence-electron chi connectivity index (χ3n) is 2.92. The Hall–Kier alpha value is -1.71. The van der Waals surface area contributed by atoms with Gasteiger partial charge < -0.3 is 15.8 Å². The summed E-state index contributed by atoms with van der Waals surface area (Å²) in [5, 5.41) is 4.08. The van der Waals surface area contributed by atoms with E-state index >= 15 is 0 Å². The second kappa shape index (κ2) is 6.45. The summed E-state index contributed by atoms with van der Waals surface area (Å²) in [5.74, 6) is 0.835. The Morgan fingerprint density at radius 3 is 2.53 bits per heavy atom. The lowest BCUT2D eigenvalue weighted by atomic mass is 10.1. The van der Waals surface area contributed by atoms with E-state index in [1.807, 2.05) is 48.5 Å². The molecule has 1 atom stereocenters. The van der Waals surface area contributed by atoms with Crippen LogP contribution in [0.2, 0.25) is 5.02 Å². The van der Waals surface area contributed by atoms with E-state index in [-0.39, 0.29) is 6.04 Å². The van der Waals surface area contributed by atoms with Crippen LogP contribution in [0, 0.1) is 0 Å². The lowest BCUT2D eigenvalue weighted by Gasteiger charge is -2.19. The van der Waals surface area contributed by atoms with Gasteiger partial charge in [-0.2, -0.15) is 0 Å². The average Bonchev–Trinajstić information content (AvgIpc) is 2.45. The fourth-order valence-electron chi connectivity index (χ4n) is 1.89. The number of ether oxygens (including phenoxy) is 1. The first kappa shape index (κ1) is 13.7. The van der Waals surface area contributed by atoms with E-state index in [0.29, 0.717) is 11.6 Å². The molecular weight excluding hydrogens is 260 g/mol. The van der Waals surface area contributed by atoms with E-state index in [9.17, 15) is 0 Å². The molecule has 0 saturated carbocycles. The number of halogens is 1. The molecule has 0 aromatic heterocycles. The molecule has 100 valence electrons. The van der Waals surface area contributed by atoms with E-state index in [2.05, 4.69) is 5.32 Å². The Labute approximate surface area is 118 Å². The van der Waals surface area contributed by atoms with Crippen LogP contribution in [0.3, 0.4) is 0 Å². The third-order valence-corrected chi connectivity index (χ3v) is 3.15. The van der Waals surface area contributed by atoms with Crippen LogP contribution >= 0.6 is 11.6 Å². The Balaban J connectivity index is 2.15. The van der Waals surface area contributed by atoms with Crippen molar-refractivity contribution in [1.82, 2.24) is 0 Å². The lowest BCUT2D eigenvalue weighted by Crippen LogP contribution is -2.20. The van der Waals surface area contributed by atoms with Crippen molar-refractivity contribution in [2.75, 3.05) is 19.0 Å². The number of hydrogen-bond acceptors (Lipinski definition) is 3. The zero-order valence-corrected chi connectivity index (χ0v) is 11.5. The van der Waals surface area contributed by atoms with Crippen molar-refractivity contribution < 1.29 is 4.74 Å². The minimum absolute atomic E-state index is 0.0457. The first-order chi connectivity index (χ1) is 9.22. The van der Waals surface area contributed by atoms with Gasteiger partial charge in [0.25, 0.3) is 0 Å². The second-order valence-corrected chi connectivity index (χ2v) is 4.65. The molecule has 2 aromatic carbocycles. The summed E-state index contributed by atoms with van der Waals surface area (Å²) in [6.07, 6.45) is 0. The highest BCUT2D eigenvalue weighted by atomic mass is 35.5. The summed E-state index contributed by atoms with van der Waals surface area (Å²) < 4.78 is 5.15. The standard InChI is InChI=1S/C15H17ClN2O/c1-19-14-7-5-11(6-8-14)15(10-17)18-13-4-2-3-12(16)9-13/h2-9,15,18H,10,17H2,1H3. The Kier molecular flexibility index (Phi) is 4.66. The molecule has 3 nitrogen and oxygen atoms in total. The molecule has 0 aliphatic carbocycles. The van der Waals surface area contributed by atoms with Crippen LogP contribution in [0.5, 0.6) is 5.75 Å². The maximum Gasteiger partial charge on any atom is 0.118 e. The maximum absolute atomic E-state index is 5.97. The van der Waals surface area contributed by atoms with E-state index in [1.54, 1.807) is 7.11 Å². The van der Waals surface area contributed by atoms with Gasteiger partial charge in [-0.25, -0.2) is 0 Å². The van der Waals surface area contributed by atoms with Crippen molar-refractivity contribution in [2.24, 2.45) is 5.73 Å². The molecule has 1 unspecified atom stereocenters. The van der Waals surface area contributed by atoms with E-state index in [1.165, 1.54) is 0 Å². The molecule has 0 spiro atoms. The number of benzene rings is 2. The van der Waals surface area contributed by atoms with Gasteiger partial charge in [-0.15, -0.1) is 0 Å². The molecular formula is C15H17ClN2O. The fraction of sp³-hybridized carbons (Fsp3) is 0.200. The first-order valence-corrected chi connectivity index (χ1v) is 6.47. The largest absolute Gasteiger partial charge is 0.497 e. The molecule has 2 rings (SSSR count). The summed E-state index contributed by atoms with van der Waals surface area (Å²) in [7, 11) is 1.65. The van der Waals surface area contributed by atoms with Crippen molar-refractivity contribution in [3.63, 3.8) is 0 Å². The quantitative estimate of drug-likeness (QED) is 0.879. The summed E-state index contributed by atoms with van der Waals surface area (Å²) in [5.41, 5.74) is 7.91. The highest BCUT2D eigenvalue weighted by Crippen LogP contribution is 2.23. The minimum Gasteiger partial charge on any atom is -0.497 e. The number of methoxy groups -OCH3 is 1. The molecule has 0 amide bonds. The SMILES string of the molecule is COc1ccc(C(CN)Nc2cccc(Cl)c2)cc1. The van der Waals surface area contributed by atoms with Crippen molar-refractivity contribution in [3.8, 4) is 5.75 Å². The number of nitrogens with two attached hydrogens (primary N) is 1. The summed E-state index contributed by atoms with van der Waals surface area (Å²) >= 11 is 5.97. The fourth-order valence-corrected chi connectivity index (χ4v) is 2.08. The molecule has 0 aliphatic rings. The van der Waals surface area contributed by atoms with Gasteiger partial charge in [0.05, 0.1) is 13.2 Å². The molecule has 19 heavy (non-hydrogen) atoms. The Bertz CT molecular complexity index is 528. The van der Waals surface area contributed by atoms with Gasteiger partial charge in [0.1, 0.15) is 5.75 Å². The van der Waals surface area contributed by atoms with Crippen LogP contribution in [0.25, 0.3) is 0 Å². The predicted octanol–water partition coefficient (Wildman–Crippen LogP) is 3.46. The van der Waals surface area contributed by atoms with Gasteiger partial charge in [-0.3, -0.25) is 0 Å². The van der Waals surface area contributed by atoms with E-state index < -0.39 is 0 Å². The average molecular weight is 277 g/mol. The summed E-state index contributed by atoms with van der Waals surface area (Å²) in [4.78, 5) is 0. The lowest BCUT2D eigenvalue weighted by molar-refractivity contribution is 0.414.